The number of methoxy groups -OCH3 is 2. The molecule has 3 amide bonds. The number of hydrogen-bond donors (Lipinski definition) is 3. The van der Waals surface area contributed by atoms with Crippen molar-refractivity contribution < 1.29 is 37.9 Å². The summed E-state index contributed by atoms with van der Waals surface area (Å²) in [6, 6.07) is 10.3. The van der Waals surface area contributed by atoms with Crippen LogP contribution in [0.15, 0.2) is 40.9 Å². The first-order valence-corrected chi connectivity index (χ1v) is 11.9. The summed E-state index contributed by atoms with van der Waals surface area (Å²) in [5.74, 6) is -0.174. The zero-order valence-electron chi connectivity index (χ0n) is 22.7. The largest absolute Gasteiger partial charge is 0.388 e. The summed E-state index contributed by atoms with van der Waals surface area (Å²) < 4.78 is 19.1. The van der Waals surface area contributed by atoms with Crippen LogP contribution in [0.1, 0.15) is 35.7 Å². The Morgan fingerprint density at radius 2 is 1.79 bits per heavy atom. The molecule has 0 unspecified atom stereocenters. The van der Waals surface area contributed by atoms with E-state index in [4.69, 9.17) is 14.0 Å². The van der Waals surface area contributed by atoms with Crippen LogP contribution in [0, 0.1) is 6.92 Å². The first-order chi connectivity index (χ1) is 18.1. The van der Waals surface area contributed by atoms with Gasteiger partial charge in [0, 0.05) is 33.4 Å². The summed E-state index contributed by atoms with van der Waals surface area (Å²) in [7, 11) is 4.84. The fraction of sp³-hybridized carbons (Fsp3) is 0.500. The van der Waals surface area contributed by atoms with Gasteiger partial charge in [-0.1, -0.05) is 35.5 Å². The number of Topliss-reactive ketones (excluding diaryl/α,β-unsaturated/α-hetero) is 1. The highest BCUT2D eigenvalue weighted by Crippen LogP contribution is 2.29. The quantitative estimate of drug-likeness (QED) is 0.264. The van der Waals surface area contributed by atoms with E-state index in [1.165, 1.54) is 0 Å². The van der Waals surface area contributed by atoms with Gasteiger partial charge >= 0.3 is 0 Å². The third kappa shape index (κ3) is 12.1. The fourth-order valence-corrected chi connectivity index (χ4v) is 3.12. The Morgan fingerprint density at radius 3 is 2.29 bits per heavy atom. The maximum atomic E-state index is 12.4. The maximum Gasteiger partial charge on any atom is 0.273 e. The number of epoxide rings is 1. The van der Waals surface area contributed by atoms with Gasteiger partial charge in [-0.3, -0.25) is 19.2 Å². The minimum absolute atomic E-state index is 0.0375. The summed E-state index contributed by atoms with van der Waals surface area (Å²) in [6.07, 6.45) is 0.838. The molecule has 0 bridgehead atoms. The van der Waals surface area contributed by atoms with Crippen molar-refractivity contribution in [3.8, 4) is 0 Å². The number of carbonyl (C=O) groups excluding carboxylic acids is 4. The number of amides is 3. The molecule has 12 heteroatoms. The van der Waals surface area contributed by atoms with Gasteiger partial charge in [0.1, 0.15) is 11.4 Å². The van der Waals surface area contributed by atoms with Crippen LogP contribution in [0.2, 0.25) is 0 Å². The molecule has 12 nitrogen and oxygen atoms in total. The summed E-state index contributed by atoms with van der Waals surface area (Å²) in [4.78, 5) is 45.8. The van der Waals surface area contributed by atoms with E-state index in [2.05, 4.69) is 25.8 Å². The molecule has 0 saturated carbocycles. The van der Waals surface area contributed by atoms with Crippen LogP contribution in [0.4, 0.5) is 0 Å². The standard InChI is InChI=1S/C15H18N2O4.C9H14N2O3.C2H6O/c1-15(9-21-15)14(20)12(17-13(19)8-16-10-18)7-11-5-3-2-4-6-11;1-6(5-13-3)10-9(12)8-4-7(2)14-11-8;1-3-2/h2-6,10,12H,7-9H2,1H3,(H,16,18)(H,17,19);4,6H,5H2,1-3H3,(H,10,12);1-2H3/t12-,15+;6-;/m01./s1. The topological polar surface area (TPSA) is 161 Å². The SMILES string of the molecule is COC.COC[C@@H](C)NC(=O)c1cc(C)on1.C[C@]1(C(=O)[C@H](Cc2ccccc2)NC(=O)CNC=O)CO1. The molecule has 2 heterocycles. The molecule has 2 aromatic rings. The van der Waals surface area contributed by atoms with Crippen LogP contribution in [-0.4, -0.2) is 87.9 Å². The second kappa shape index (κ2) is 17.0. The van der Waals surface area contributed by atoms with E-state index in [0.29, 0.717) is 37.5 Å². The molecule has 1 aromatic carbocycles. The molecule has 1 fully saturated rings. The highest BCUT2D eigenvalue weighted by Gasteiger charge is 2.49. The minimum Gasteiger partial charge on any atom is -0.388 e. The van der Waals surface area contributed by atoms with Crippen LogP contribution in [0.5, 0.6) is 0 Å². The number of benzene rings is 1. The number of nitrogens with one attached hydrogen (secondary N) is 3. The minimum atomic E-state index is -0.801. The lowest BCUT2D eigenvalue weighted by molar-refractivity contribution is -0.130. The first kappa shape index (κ1) is 32.4. The van der Waals surface area contributed by atoms with Gasteiger partial charge in [0.05, 0.1) is 25.8 Å². The van der Waals surface area contributed by atoms with Crippen molar-refractivity contribution in [3.05, 3.63) is 53.4 Å². The van der Waals surface area contributed by atoms with Crippen LogP contribution in [0.25, 0.3) is 0 Å². The molecule has 1 aliphatic rings. The smallest absolute Gasteiger partial charge is 0.273 e. The second-order valence-electron chi connectivity index (χ2n) is 8.75. The van der Waals surface area contributed by atoms with Crippen LogP contribution in [0.3, 0.4) is 0 Å². The maximum absolute atomic E-state index is 12.4. The van der Waals surface area contributed by atoms with Crippen molar-refractivity contribution in [2.75, 3.05) is 41.1 Å². The molecule has 38 heavy (non-hydrogen) atoms. The van der Waals surface area contributed by atoms with Crippen molar-refractivity contribution in [1.82, 2.24) is 21.1 Å². The average molecular weight is 535 g/mol. The van der Waals surface area contributed by atoms with Gasteiger partial charge in [-0.2, -0.15) is 0 Å². The second-order valence-corrected chi connectivity index (χ2v) is 8.75. The number of hydrogen-bond acceptors (Lipinski definition) is 9. The highest BCUT2D eigenvalue weighted by atomic mass is 16.6. The third-order valence-electron chi connectivity index (χ3n) is 5.03. The molecule has 3 N–H and O–H groups in total. The molecule has 1 aliphatic heterocycles. The summed E-state index contributed by atoms with van der Waals surface area (Å²) in [5.41, 5.74) is 0.444. The molecule has 3 rings (SSSR count). The van der Waals surface area contributed by atoms with Crippen molar-refractivity contribution in [2.45, 2.75) is 44.9 Å². The van der Waals surface area contributed by atoms with Gasteiger partial charge in [-0.15, -0.1) is 0 Å². The Balaban J connectivity index is 0.000000368. The average Bonchev–Trinajstić information content (AvgIpc) is 3.49. The predicted molar refractivity (Wildman–Crippen MR) is 138 cm³/mol. The van der Waals surface area contributed by atoms with Crippen LogP contribution in [-0.2, 0) is 35.0 Å². The summed E-state index contributed by atoms with van der Waals surface area (Å²) >= 11 is 0. The Hall–Kier alpha value is -3.61. The van der Waals surface area contributed by atoms with E-state index < -0.39 is 17.6 Å². The number of aryl methyl sites for hydroxylation is 1. The number of aromatic nitrogens is 1. The Bertz CT molecular complexity index is 1010. The lowest BCUT2D eigenvalue weighted by Gasteiger charge is -2.19. The highest BCUT2D eigenvalue weighted by molar-refractivity contribution is 5.97. The molecule has 0 aliphatic carbocycles. The van der Waals surface area contributed by atoms with Gasteiger partial charge in [0.15, 0.2) is 11.5 Å². The molecule has 1 saturated heterocycles. The van der Waals surface area contributed by atoms with E-state index in [0.717, 1.165) is 5.56 Å². The Morgan fingerprint density at radius 1 is 1.16 bits per heavy atom. The number of ketones is 1. The molecule has 0 spiro atoms. The van der Waals surface area contributed by atoms with Gasteiger partial charge in [0.2, 0.25) is 12.3 Å². The normalized spacial score (nSPS) is 16.8. The predicted octanol–water partition coefficient (Wildman–Crippen LogP) is 0.828. The Labute approximate surface area is 222 Å². The zero-order chi connectivity index (χ0) is 28.6. The molecular formula is C26H38N4O8. The van der Waals surface area contributed by atoms with Gasteiger partial charge in [-0.25, -0.2) is 0 Å². The van der Waals surface area contributed by atoms with E-state index in [1.807, 2.05) is 37.3 Å². The summed E-state index contributed by atoms with van der Waals surface area (Å²) in [5, 5.41) is 11.3. The zero-order valence-corrected chi connectivity index (χ0v) is 22.7. The number of ether oxygens (including phenoxy) is 3. The number of nitrogens with zero attached hydrogens (tertiary/aromatic N) is 1. The number of rotatable bonds is 12. The molecular weight excluding hydrogens is 496 g/mol. The molecule has 1 aromatic heterocycles. The lowest BCUT2D eigenvalue weighted by Crippen LogP contribution is -2.49. The van der Waals surface area contributed by atoms with Gasteiger partial charge < -0.3 is 34.7 Å². The molecule has 3 atom stereocenters. The van der Waals surface area contributed by atoms with E-state index in [9.17, 15) is 19.2 Å². The van der Waals surface area contributed by atoms with Crippen molar-refractivity contribution in [2.24, 2.45) is 0 Å². The van der Waals surface area contributed by atoms with Gasteiger partial charge in [-0.05, 0) is 32.8 Å². The van der Waals surface area contributed by atoms with Crippen LogP contribution < -0.4 is 16.0 Å². The molecule has 210 valence electrons. The van der Waals surface area contributed by atoms with Gasteiger partial charge in [0.25, 0.3) is 5.91 Å². The van der Waals surface area contributed by atoms with E-state index in [1.54, 1.807) is 41.2 Å². The number of carbonyl (C=O) groups is 4. The van der Waals surface area contributed by atoms with Crippen molar-refractivity contribution in [3.63, 3.8) is 0 Å². The van der Waals surface area contributed by atoms with Crippen LogP contribution >= 0.6 is 0 Å². The third-order valence-corrected chi connectivity index (χ3v) is 5.03. The van der Waals surface area contributed by atoms with E-state index >= 15 is 0 Å². The molecule has 0 radical (unpaired) electrons. The lowest BCUT2D eigenvalue weighted by atomic mass is 9.95. The summed E-state index contributed by atoms with van der Waals surface area (Å²) in [6.45, 7) is 6.00. The van der Waals surface area contributed by atoms with Crippen molar-refractivity contribution in [1.29, 1.82) is 0 Å². The fourth-order valence-electron chi connectivity index (χ4n) is 3.12. The first-order valence-electron chi connectivity index (χ1n) is 11.9. The van der Waals surface area contributed by atoms with E-state index in [-0.39, 0.29) is 24.3 Å². The van der Waals surface area contributed by atoms with Crippen molar-refractivity contribution >= 4 is 24.0 Å². The Kier molecular flexibility index (Phi) is 14.5. The monoisotopic (exact) mass is 534 g/mol.